The van der Waals surface area contributed by atoms with E-state index in [1.165, 1.54) is 0 Å². The van der Waals surface area contributed by atoms with Crippen LogP contribution in [0.15, 0.2) is 0 Å². The van der Waals surface area contributed by atoms with Crippen molar-refractivity contribution in [1.29, 1.82) is 0 Å². The summed E-state index contributed by atoms with van der Waals surface area (Å²) < 4.78 is 0. The summed E-state index contributed by atoms with van der Waals surface area (Å²) >= 11 is 0. The molecular formula is C15H28N2O3. The van der Waals surface area contributed by atoms with Crippen LogP contribution in [0.3, 0.4) is 0 Å². The highest BCUT2D eigenvalue weighted by atomic mass is 16.4. The number of hydrogen-bond acceptors (Lipinski definition) is 2. The van der Waals surface area contributed by atoms with Gasteiger partial charge in [-0.3, -0.25) is 4.79 Å². The largest absolute Gasteiger partial charge is 0.481 e. The van der Waals surface area contributed by atoms with Crippen LogP contribution in [0.5, 0.6) is 0 Å². The molecule has 1 heterocycles. The fourth-order valence-electron chi connectivity index (χ4n) is 2.55. The van der Waals surface area contributed by atoms with Crippen molar-refractivity contribution in [2.45, 2.75) is 52.4 Å². The second kappa shape index (κ2) is 8.82. The molecule has 1 aliphatic heterocycles. The fourth-order valence-corrected chi connectivity index (χ4v) is 2.55. The molecule has 0 aromatic rings. The van der Waals surface area contributed by atoms with Crippen molar-refractivity contribution in [3.8, 4) is 0 Å². The van der Waals surface area contributed by atoms with Crippen LogP contribution in [0, 0.1) is 5.92 Å². The first-order chi connectivity index (χ1) is 9.60. The predicted molar refractivity (Wildman–Crippen MR) is 78.7 cm³/mol. The maximum absolute atomic E-state index is 12.5. The lowest BCUT2D eigenvalue weighted by atomic mass is 9.98. The summed E-state index contributed by atoms with van der Waals surface area (Å²) in [6.07, 6.45) is 5.61. The molecular weight excluding hydrogens is 256 g/mol. The molecule has 1 aliphatic rings. The number of likely N-dealkylation sites (tertiary alicyclic amines) is 1. The van der Waals surface area contributed by atoms with E-state index in [4.69, 9.17) is 5.11 Å². The van der Waals surface area contributed by atoms with Crippen LogP contribution in [-0.2, 0) is 4.79 Å². The van der Waals surface area contributed by atoms with Gasteiger partial charge in [0.15, 0.2) is 0 Å². The molecule has 0 bridgehead atoms. The number of carboxylic acids is 1. The number of aliphatic carboxylic acids is 1. The zero-order valence-corrected chi connectivity index (χ0v) is 12.8. The van der Waals surface area contributed by atoms with Crippen LogP contribution in [-0.4, -0.2) is 53.1 Å². The number of carbonyl (C=O) groups excluding carboxylic acids is 1. The van der Waals surface area contributed by atoms with Crippen molar-refractivity contribution in [2.24, 2.45) is 5.92 Å². The zero-order valence-electron chi connectivity index (χ0n) is 12.8. The molecule has 20 heavy (non-hydrogen) atoms. The Morgan fingerprint density at radius 1 is 1.20 bits per heavy atom. The number of carboxylic acid groups (broad SMARTS) is 1. The smallest absolute Gasteiger partial charge is 0.320 e. The quantitative estimate of drug-likeness (QED) is 0.782. The average Bonchev–Trinajstić information content (AvgIpc) is 2.47. The SMILES string of the molecule is CCCCN(CCCC)C(=O)N1CCC[C@@H](C(=O)O)C1. The molecule has 0 aromatic heterocycles. The molecule has 1 N–H and O–H groups in total. The lowest BCUT2D eigenvalue weighted by Gasteiger charge is -2.35. The van der Waals surface area contributed by atoms with Crippen LogP contribution < -0.4 is 0 Å². The molecule has 5 heteroatoms. The van der Waals surface area contributed by atoms with Gasteiger partial charge >= 0.3 is 12.0 Å². The monoisotopic (exact) mass is 284 g/mol. The number of amides is 2. The van der Waals surface area contributed by atoms with Crippen molar-refractivity contribution in [3.63, 3.8) is 0 Å². The minimum atomic E-state index is -0.781. The minimum absolute atomic E-state index is 0.0258. The van der Waals surface area contributed by atoms with Gasteiger partial charge in [-0.2, -0.15) is 0 Å². The lowest BCUT2D eigenvalue weighted by molar-refractivity contribution is -0.143. The first kappa shape index (κ1) is 16.8. The van der Waals surface area contributed by atoms with E-state index in [9.17, 15) is 9.59 Å². The molecule has 5 nitrogen and oxygen atoms in total. The van der Waals surface area contributed by atoms with E-state index in [2.05, 4.69) is 13.8 Å². The second-order valence-electron chi connectivity index (χ2n) is 5.60. The van der Waals surface area contributed by atoms with Crippen LogP contribution >= 0.6 is 0 Å². The molecule has 1 rings (SSSR count). The van der Waals surface area contributed by atoms with Crippen molar-refractivity contribution >= 4 is 12.0 Å². The van der Waals surface area contributed by atoms with Gasteiger partial charge in [0.25, 0.3) is 0 Å². The Balaban J connectivity index is 2.59. The highest BCUT2D eigenvalue weighted by molar-refractivity contribution is 5.76. The van der Waals surface area contributed by atoms with Gasteiger partial charge in [0.1, 0.15) is 0 Å². The number of nitrogens with zero attached hydrogens (tertiary/aromatic N) is 2. The first-order valence-corrected chi connectivity index (χ1v) is 7.86. The molecule has 1 saturated heterocycles. The molecule has 116 valence electrons. The van der Waals surface area contributed by atoms with Crippen LogP contribution in [0.4, 0.5) is 4.79 Å². The Morgan fingerprint density at radius 3 is 2.30 bits per heavy atom. The third-order valence-corrected chi connectivity index (χ3v) is 3.87. The lowest BCUT2D eigenvalue weighted by Crippen LogP contribution is -2.49. The Bertz CT molecular complexity index is 312. The van der Waals surface area contributed by atoms with Crippen molar-refractivity contribution in [1.82, 2.24) is 9.80 Å². The Kier molecular flexibility index (Phi) is 7.41. The highest BCUT2D eigenvalue weighted by Crippen LogP contribution is 2.18. The van der Waals surface area contributed by atoms with Crippen LogP contribution in [0.1, 0.15) is 52.4 Å². The summed E-state index contributed by atoms with van der Waals surface area (Å²) in [5.74, 6) is -1.18. The third kappa shape index (κ3) is 5.02. The molecule has 0 aliphatic carbocycles. The van der Waals surface area contributed by atoms with Gasteiger partial charge in [0.05, 0.1) is 5.92 Å². The van der Waals surface area contributed by atoms with Crippen molar-refractivity contribution in [3.05, 3.63) is 0 Å². The van der Waals surface area contributed by atoms with Gasteiger partial charge in [0, 0.05) is 26.2 Å². The Labute approximate surface area is 121 Å². The molecule has 0 aromatic carbocycles. The van der Waals surface area contributed by atoms with Crippen molar-refractivity contribution in [2.75, 3.05) is 26.2 Å². The summed E-state index contributed by atoms with van der Waals surface area (Å²) in [5, 5.41) is 9.11. The topological polar surface area (TPSA) is 60.9 Å². The molecule has 1 atom stereocenters. The van der Waals surface area contributed by atoms with Gasteiger partial charge in [-0.15, -0.1) is 0 Å². The zero-order chi connectivity index (χ0) is 15.0. The molecule has 0 unspecified atom stereocenters. The summed E-state index contributed by atoms with van der Waals surface area (Å²) in [7, 11) is 0. The van der Waals surface area contributed by atoms with Gasteiger partial charge in [-0.25, -0.2) is 4.79 Å². The number of hydrogen-bond donors (Lipinski definition) is 1. The summed E-state index contributed by atoms with van der Waals surface area (Å²) in [6.45, 7) is 6.85. The minimum Gasteiger partial charge on any atom is -0.481 e. The van der Waals surface area contributed by atoms with E-state index >= 15 is 0 Å². The normalized spacial score (nSPS) is 18.9. The van der Waals surface area contributed by atoms with E-state index < -0.39 is 11.9 Å². The van der Waals surface area contributed by atoms with Crippen LogP contribution in [0.2, 0.25) is 0 Å². The second-order valence-corrected chi connectivity index (χ2v) is 5.60. The fraction of sp³-hybridized carbons (Fsp3) is 0.867. The molecule has 0 radical (unpaired) electrons. The average molecular weight is 284 g/mol. The molecule has 0 saturated carbocycles. The van der Waals surface area contributed by atoms with E-state index in [0.717, 1.165) is 45.2 Å². The van der Waals surface area contributed by atoms with Gasteiger partial charge in [0.2, 0.25) is 0 Å². The Morgan fingerprint density at radius 2 is 1.80 bits per heavy atom. The number of piperidine rings is 1. The van der Waals surface area contributed by atoms with Crippen molar-refractivity contribution < 1.29 is 14.7 Å². The number of unbranched alkanes of at least 4 members (excludes halogenated alkanes) is 2. The van der Waals surface area contributed by atoms with Gasteiger partial charge in [-0.1, -0.05) is 26.7 Å². The number of rotatable bonds is 7. The maximum atomic E-state index is 12.5. The number of urea groups is 1. The van der Waals surface area contributed by atoms with Crippen LogP contribution in [0.25, 0.3) is 0 Å². The Hall–Kier alpha value is -1.26. The summed E-state index contributed by atoms with van der Waals surface area (Å²) in [5.41, 5.74) is 0. The predicted octanol–water partition coefficient (Wildman–Crippen LogP) is 2.81. The van der Waals surface area contributed by atoms with E-state index in [1.807, 2.05) is 4.90 Å². The summed E-state index contributed by atoms with van der Waals surface area (Å²) in [4.78, 5) is 27.3. The maximum Gasteiger partial charge on any atom is 0.320 e. The number of carbonyl (C=O) groups is 2. The standard InChI is InChI=1S/C15H28N2O3/c1-3-5-9-16(10-6-4-2)15(20)17-11-7-8-13(12-17)14(18)19/h13H,3-12H2,1-2H3,(H,18,19)/t13-/m1/s1. The molecule has 0 spiro atoms. The first-order valence-electron chi connectivity index (χ1n) is 7.86. The highest BCUT2D eigenvalue weighted by Gasteiger charge is 2.30. The third-order valence-electron chi connectivity index (χ3n) is 3.87. The summed E-state index contributed by atoms with van der Waals surface area (Å²) in [6, 6.07) is 0.0258. The molecule has 1 fully saturated rings. The van der Waals surface area contributed by atoms with Gasteiger partial charge < -0.3 is 14.9 Å². The van der Waals surface area contributed by atoms with E-state index in [-0.39, 0.29) is 6.03 Å². The van der Waals surface area contributed by atoms with Gasteiger partial charge in [-0.05, 0) is 25.7 Å². The van der Waals surface area contributed by atoms with E-state index in [0.29, 0.717) is 19.5 Å². The molecule has 2 amide bonds. The van der Waals surface area contributed by atoms with E-state index in [1.54, 1.807) is 4.90 Å².